The zero-order valence-electron chi connectivity index (χ0n) is 27.8. The second-order valence-corrected chi connectivity index (χ2v) is 11.6. The van der Waals surface area contributed by atoms with E-state index in [2.05, 4.69) is 92.1 Å². The molecule has 0 spiro atoms. The normalized spacial score (nSPS) is 14.9. The highest BCUT2D eigenvalue weighted by Gasteiger charge is 2.21. The first-order valence-corrected chi connectivity index (χ1v) is 14.6. The van der Waals surface area contributed by atoms with Crippen molar-refractivity contribution in [1.82, 2.24) is 20.9 Å². The summed E-state index contributed by atoms with van der Waals surface area (Å²) in [6, 6.07) is 0.0594. The molecule has 7 heteroatoms. The molecule has 0 aliphatic rings. The largest absolute Gasteiger partial charge is 0.384 e. The van der Waals surface area contributed by atoms with Gasteiger partial charge in [-0.15, -0.1) is 6.42 Å². The molecule has 0 aromatic rings. The molecule has 0 aliphatic heterocycles. The molecule has 232 valence electrons. The summed E-state index contributed by atoms with van der Waals surface area (Å²) in [4.78, 5) is 10.3. The lowest BCUT2D eigenvalue weighted by molar-refractivity contribution is 0.367. The summed E-state index contributed by atoms with van der Waals surface area (Å²) in [5.74, 6) is 2.12. The Labute approximate surface area is 256 Å². The quantitative estimate of drug-likeness (QED) is 0.0680. The van der Waals surface area contributed by atoms with Crippen molar-refractivity contribution in [3.8, 4) is 12.3 Å². The van der Waals surface area contributed by atoms with Crippen molar-refractivity contribution in [2.75, 3.05) is 14.1 Å². The summed E-state index contributed by atoms with van der Waals surface area (Å²) in [6.07, 6.45) is 15.6. The van der Waals surface area contributed by atoms with Crippen LogP contribution in [0.4, 0.5) is 4.39 Å². The standard InChI is InChI=1S/C35H55FN6/c1-15-29(26(6)41-30(16-2)23-34(33(18-4)38-13)42(14)22-21-37-12)19-20-31(36)27(7)40-28(8)32(17-3)39-25(5)24-35(9,10)11/h1,16,20-22,28,32,34,39-41H,5-6,12,17-18,23-24H2,2-4,7-11,13-14H3/b22-21-,30-16+,31-27-,38-33?/t19?,28?,32-,34?/m0/s1. The Morgan fingerprint density at radius 3 is 2.31 bits per heavy atom. The Morgan fingerprint density at radius 1 is 1.19 bits per heavy atom. The highest BCUT2D eigenvalue weighted by Crippen LogP contribution is 2.22. The van der Waals surface area contributed by atoms with Crippen LogP contribution in [0.1, 0.15) is 81.1 Å². The van der Waals surface area contributed by atoms with Gasteiger partial charge in [0.25, 0.3) is 0 Å². The molecule has 6 nitrogen and oxygen atoms in total. The fourth-order valence-electron chi connectivity index (χ4n) is 4.51. The summed E-state index contributed by atoms with van der Waals surface area (Å²) >= 11 is 0. The molecule has 42 heavy (non-hydrogen) atoms. The third kappa shape index (κ3) is 14.2. The van der Waals surface area contributed by atoms with E-state index in [0.717, 1.165) is 36.4 Å². The maximum absolute atomic E-state index is 15.1. The van der Waals surface area contributed by atoms with E-state index < -0.39 is 5.83 Å². The highest BCUT2D eigenvalue weighted by molar-refractivity contribution is 5.89. The number of rotatable bonds is 18. The van der Waals surface area contributed by atoms with E-state index in [1.54, 1.807) is 20.2 Å². The van der Waals surface area contributed by atoms with Gasteiger partial charge < -0.3 is 20.9 Å². The van der Waals surface area contributed by atoms with Crippen LogP contribution in [0.25, 0.3) is 0 Å². The van der Waals surface area contributed by atoms with Gasteiger partial charge in [-0.1, -0.05) is 65.5 Å². The predicted octanol–water partition coefficient (Wildman–Crippen LogP) is 7.55. The third-order valence-corrected chi connectivity index (χ3v) is 6.77. The molecular weight excluding hydrogens is 523 g/mol. The molecule has 0 saturated carbocycles. The van der Waals surface area contributed by atoms with E-state index in [0.29, 0.717) is 23.4 Å². The summed E-state index contributed by atoms with van der Waals surface area (Å²) in [5.41, 5.74) is 7.15. The molecule has 3 atom stereocenters. The maximum atomic E-state index is 15.1. The second kappa shape index (κ2) is 19.4. The highest BCUT2D eigenvalue weighted by atomic mass is 19.1. The molecule has 0 aliphatic carbocycles. The average Bonchev–Trinajstić information content (AvgIpc) is 2.92. The first kappa shape index (κ1) is 38.2. The molecule has 2 unspecified atom stereocenters. The summed E-state index contributed by atoms with van der Waals surface area (Å²) in [7, 11) is 3.77. The van der Waals surface area contributed by atoms with Crippen molar-refractivity contribution in [1.29, 1.82) is 0 Å². The molecule has 0 fully saturated rings. The maximum Gasteiger partial charge on any atom is 0.149 e. The molecule has 0 heterocycles. The third-order valence-electron chi connectivity index (χ3n) is 6.77. The number of hydrogen-bond acceptors (Lipinski definition) is 6. The van der Waals surface area contributed by atoms with Crippen LogP contribution in [0.15, 0.2) is 87.6 Å². The predicted molar refractivity (Wildman–Crippen MR) is 182 cm³/mol. The van der Waals surface area contributed by atoms with Crippen molar-refractivity contribution in [3.63, 3.8) is 0 Å². The lowest BCUT2D eigenvalue weighted by atomic mass is 9.90. The van der Waals surface area contributed by atoms with E-state index in [1.807, 2.05) is 38.1 Å². The van der Waals surface area contributed by atoms with Crippen molar-refractivity contribution >= 4 is 12.4 Å². The van der Waals surface area contributed by atoms with E-state index in [4.69, 9.17) is 6.42 Å². The van der Waals surface area contributed by atoms with Crippen LogP contribution < -0.4 is 16.0 Å². The molecule has 0 radical (unpaired) electrons. The first-order valence-electron chi connectivity index (χ1n) is 14.6. The van der Waals surface area contributed by atoms with Crippen LogP contribution in [-0.4, -0.2) is 49.5 Å². The van der Waals surface area contributed by atoms with Crippen LogP contribution in [-0.2, 0) is 0 Å². The van der Waals surface area contributed by atoms with Crippen molar-refractivity contribution in [2.24, 2.45) is 15.4 Å². The fraction of sp³-hybridized carbons (Fsp3) is 0.514. The van der Waals surface area contributed by atoms with Gasteiger partial charge in [-0.05, 0) is 52.2 Å². The number of allylic oxidation sites excluding steroid dienone is 5. The van der Waals surface area contributed by atoms with E-state index in [1.165, 1.54) is 6.08 Å². The minimum atomic E-state index is -0.451. The second-order valence-electron chi connectivity index (χ2n) is 11.6. The number of aliphatic imine (C=N–C) groups is 2. The average molecular weight is 579 g/mol. The zero-order valence-corrected chi connectivity index (χ0v) is 27.8. The lowest BCUT2D eigenvalue weighted by Crippen LogP contribution is -2.45. The van der Waals surface area contributed by atoms with Crippen LogP contribution in [0.5, 0.6) is 0 Å². The lowest BCUT2D eigenvalue weighted by Gasteiger charge is -2.30. The molecule has 3 N–H and O–H groups in total. The molecule has 0 bridgehead atoms. The summed E-state index contributed by atoms with van der Waals surface area (Å²) in [6.45, 7) is 28.2. The van der Waals surface area contributed by atoms with Gasteiger partial charge in [0.05, 0.1) is 17.3 Å². The monoisotopic (exact) mass is 578 g/mol. The van der Waals surface area contributed by atoms with Gasteiger partial charge in [-0.25, -0.2) is 4.39 Å². The SMILES string of the molecule is C#CC(=C=C/C(F)=C(\C)NC(C)[C@H](CC)NC(=C)CC(C)(C)C)C(=C)N/C(=C/C)CC(C(CC)=NC)N(C)/C=C\N=C. The van der Waals surface area contributed by atoms with Crippen LogP contribution in [0.2, 0.25) is 0 Å². The number of nitrogens with one attached hydrogen (secondary N) is 3. The molecule has 0 saturated heterocycles. The van der Waals surface area contributed by atoms with Crippen molar-refractivity contribution < 1.29 is 4.39 Å². The van der Waals surface area contributed by atoms with Gasteiger partial charge in [-0.2, -0.15) is 0 Å². The van der Waals surface area contributed by atoms with Gasteiger partial charge in [0.2, 0.25) is 0 Å². The summed E-state index contributed by atoms with van der Waals surface area (Å²) < 4.78 is 15.1. The molecular formula is C35H55FN6. The van der Waals surface area contributed by atoms with Gasteiger partial charge in [0.1, 0.15) is 5.83 Å². The van der Waals surface area contributed by atoms with Crippen molar-refractivity contribution in [2.45, 2.75) is 99.2 Å². The number of terminal acetylenes is 1. The smallest absolute Gasteiger partial charge is 0.149 e. The van der Waals surface area contributed by atoms with Crippen molar-refractivity contribution in [3.05, 3.63) is 77.6 Å². The fourth-order valence-corrected chi connectivity index (χ4v) is 4.51. The number of hydrogen-bond donors (Lipinski definition) is 3. The first-order chi connectivity index (χ1) is 19.7. The Morgan fingerprint density at radius 2 is 1.83 bits per heavy atom. The minimum Gasteiger partial charge on any atom is -0.384 e. The summed E-state index contributed by atoms with van der Waals surface area (Å²) in [5, 5.41) is 10.1. The Bertz CT molecular complexity index is 1150. The molecule has 0 aromatic carbocycles. The van der Waals surface area contributed by atoms with Crippen LogP contribution in [0.3, 0.4) is 0 Å². The molecule has 0 amide bonds. The van der Waals surface area contributed by atoms with E-state index in [-0.39, 0.29) is 23.5 Å². The van der Waals surface area contributed by atoms with Crippen LogP contribution in [0, 0.1) is 17.8 Å². The number of nitrogens with zero attached hydrogens (tertiary/aromatic N) is 3. The van der Waals surface area contributed by atoms with Gasteiger partial charge >= 0.3 is 0 Å². The van der Waals surface area contributed by atoms with Crippen LogP contribution >= 0.6 is 0 Å². The van der Waals surface area contributed by atoms with Gasteiger partial charge in [0.15, 0.2) is 0 Å². The number of halogens is 1. The minimum absolute atomic E-state index is 0.0125. The Balaban J connectivity index is 5.77. The van der Waals surface area contributed by atoms with Gasteiger partial charge in [0, 0.05) is 73.9 Å². The van der Waals surface area contributed by atoms with E-state index >= 15 is 4.39 Å². The van der Waals surface area contributed by atoms with E-state index in [9.17, 15) is 0 Å². The zero-order chi connectivity index (χ0) is 32.5. The molecule has 0 aromatic heterocycles. The topological polar surface area (TPSA) is 64.0 Å². The Hall–Kier alpha value is -3.75. The molecule has 0 rings (SSSR count). The van der Waals surface area contributed by atoms with Gasteiger partial charge in [-0.3, -0.25) is 9.98 Å². The Kier molecular flexibility index (Phi) is 17.7.